The predicted octanol–water partition coefficient (Wildman–Crippen LogP) is 4.92. The molecule has 1 aromatic carbocycles. The normalized spacial score (nSPS) is 23.9. The van der Waals surface area contributed by atoms with Gasteiger partial charge in [0.25, 0.3) is 5.91 Å². The highest BCUT2D eigenvalue weighted by Crippen LogP contribution is 2.36. The summed E-state index contributed by atoms with van der Waals surface area (Å²) < 4.78 is 56.5. The number of benzene rings is 1. The lowest BCUT2D eigenvalue weighted by molar-refractivity contribution is -0.143. The number of likely N-dealkylation sites (tertiary alicyclic amines) is 1. The van der Waals surface area contributed by atoms with E-state index in [-0.39, 0.29) is 46.9 Å². The highest BCUT2D eigenvalue weighted by molar-refractivity contribution is 6.11. The van der Waals surface area contributed by atoms with E-state index in [9.17, 15) is 31.9 Å². The standard InChI is InChI=1S/C34H35F4N5O3/c1-18(2)42(17-34(36,37)38)32(45)26-14-23(35)6-8-27(26)43-20(4)29(25-9-11-39-16-28(25)43)31(44)21-10-12-41(19(3)13-21)33(46)30-24-7-5-22(24)15-40-30/h6,8-9,11,14,16,18-19,21-22,24,30,40H,10,12-13,15,17H2,1-4H3/t19-,21+,22-,24-,30-/m0/s1. The van der Waals surface area contributed by atoms with Crippen LogP contribution in [0.1, 0.15) is 60.0 Å². The molecule has 46 heavy (non-hydrogen) atoms. The van der Waals surface area contributed by atoms with Crippen molar-refractivity contribution in [2.24, 2.45) is 17.8 Å². The Hall–Kier alpha value is -4.24. The monoisotopic (exact) mass is 637 g/mol. The molecule has 0 radical (unpaired) electrons. The van der Waals surface area contributed by atoms with Crippen molar-refractivity contribution < 1.29 is 31.9 Å². The van der Waals surface area contributed by atoms with Crippen molar-refractivity contribution in [2.45, 2.75) is 64.8 Å². The van der Waals surface area contributed by atoms with Gasteiger partial charge < -0.3 is 19.7 Å². The highest BCUT2D eigenvalue weighted by Gasteiger charge is 2.45. The van der Waals surface area contributed by atoms with E-state index in [4.69, 9.17) is 0 Å². The van der Waals surface area contributed by atoms with Gasteiger partial charge in [0, 0.05) is 59.8 Å². The van der Waals surface area contributed by atoms with Gasteiger partial charge in [-0.05, 0) is 64.8 Å². The number of hydrogen-bond donors (Lipinski definition) is 1. The van der Waals surface area contributed by atoms with Gasteiger partial charge in [-0.3, -0.25) is 19.4 Å². The van der Waals surface area contributed by atoms with Gasteiger partial charge in [-0.15, -0.1) is 0 Å². The molecule has 1 N–H and O–H groups in total. The lowest BCUT2D eigenvalue weighted by Gasteiger charge is -2.39. The minimum absolute atomic E-state index is 0.00762. The first-order chi connectivity index (χ1) is 21.8. The maximum absolute atomic E-state index is 14.6. The molecule has 242 valence electrons. The summed E-state index contributed by atoms with van der Waals surface area (Å²) in [6.45, 7) is 6.18. The van der Waals surface area contributed by atoms with Gasteiger partial charge in [0.15, 0.2) is 5.78 Å². The number of fused-ring (bicyclic) bond motifs is 2. The molecule has 0 saturated carbocycles. The van der Waals surface area contributed by atoms with E-state index in [2.05, 4.69) is 22.1 Å². The number of pyridine rings is 1. The van der Waals surface area contributed by atoms with E-state index < -0.39 is 36.4 Å². The van der Waals surface area contributed by atoms with Gasteiger partial charge in [-0.2, -0.15) is 13.2 Å². The molecule has 3 aromatic rings. The summed E-state index contributed by atoms with van der Waals surface area (Å²) in [5, 5.41) is 3.85. The molecular weight excluding hydrogens is 602 g/mol. The van der Waals surface area contributed by atoms with Gasteiger partial charge in [0.2, 0.25) is 5.91 Å². The van der Waals surface area contributed by atoms with E-state index >= 15 is 0 Å². The number of rotatable bonds is 7. The van der Waals surface area contributed by atoms with Crippen LogP contribution in [0.25, 0.3) is 16.6 Å². The van der Waals surface area contributed by atoms with Crippen molar-refractivity contribution in [1.82, 2.24) is 24.7 Å². The second kappa shape index (κ2) is 11.8. The topological polar surface area (TPSA) is 87.5 Å². The Morgan fingerprint density at radius 2 is 1.93 bits per heavy atom. The number of ketones is 1. The number of amides is 2. The zero-order chi connectivity index (χ0) is 33.1. The van der Waals surface area contributed by atoms with E-state index in [0.717, 1.165) is 12.1 Å². The van der Waals surface area contributed by atoms with E-state index in [1.54, 1.807) is 23.8 Å². The third kappa shape index (κ3) is 5.55. The lowest BCUT2D eigenvalue weighted by Crippen LogP contribution is -2.53. The number of carbonyl (C=O) groups is 3. The smallest absolute Gasteiger partial charge is 0.339 e. The molecular formula is C34H35F4N5O3. The predicted molar refractivity (Wildman–Crippen MR) is 163 cm³/mol. The summed E-state index contributed by atoms with van der Waals surface area (Å²) in [4.78, 5) is 48.0. The van der Waals surface area contributed by atoms with Crippen LogP contribution in [0.5, 0.6) is 0 Å². The van der Waals surface area contributed by atoms with Crippen molar-refractivity contribution in [3.05, 3.63) is 59.3 Å². The average Bonchev–Trinajstić information content (AvgIpc) is 3.45. The number of nitrogens with one attached hydrogen (secondary N) is 1. The van der Waals surface area contributed by atoms with Crippen LogP contribution in [0.3, 0.4) is 0 Å². The summed E-state index contributed by atoms with van der Waals surface area (Å²) in [5.41, 5.74) is 1.19. The fraction of sp³-hybridized carbons (Fsp3) is 0.471. The number of hydrogen-bond acceptors (Lipinski definition) is 5. The van der Waals surface area contributed by atoms with Crippen LogP contribution in [-0.2, 0) is 4.79 Å². The molecule has 1 aliphatic carbocycles. The number of aromatic nitrogens is 2. The average molecular weight is 638 g/mol. The first-order valence-electron chi connectivity index (χ1n) is 15.5. The number of nitrogens with zero attached hydrogens (tertiary/aromatic N) is 4. The van der Waals surface area contributed by atoms with Crippen LogP contribution in [0.4, 0.5) is 17.6 Å². The van der Waals surface area contributed by atoms with Crippen LogP contribution in [0.2, 0.25) is 0 Å². The van der Waals surface area contributed by atoms with E-state index in [1.807, 2.05) is 11.8 Å². The zero-order valence-corrected chi connectivity index (χ0v) is 26.0. The Morgan fingerprint density at radius 3 is 2.57 bits per heavy atom. The second-order valence-corrected chi connectivity index (χ2v) is 12.8. The molecule has 5 atom stereocenters. The van der Waals surface area contributed by atoms with E-state index in [1.165, 1.54) is 26.1 Å². The molecule has 2 aromatic heterocycles. The molecule has 2 aliphatic heterocycles. The van der Waals surface area contributed by atoms with Crippen LogP contribution in [0.15, 0.2) is 36.7 Å². The summed E-state index contributed by atoms with van der Waals surface area (Å²) in [6, 6.07) is 3.74. The van der Waals surface area contributed by atoms with Gasteiger partial charge in [0.05, 0.1) is 28.9 Å². The summed E-state index contributed by atoms with van der Waals surface area (Å²) in [7, 11) is 0. The van der Waals surface area contributed by atoms with Crippen LogP contribution in [-0.4, -0.2) is 80.9 Å². The number of piperidine rings is 1. The Labute approximate surface area is 264 Å². The Morgan fingerprint density at radius 1 is 1.17 bits per heavy atom. The molecule has 0 unspecified atom stereocenters. The minimum atomic E-state index is -4.66. The van der Waals surface area contributed by atoms with Crippen LogP contribution in [0, 0.1) is 42.3 Å². The van der Waals surface area contributed by atoms with Crippen molar-refractivity contribution in [2.75, 3.05) is 19.6 Å². The Kier molecular flexibility index (Phi) is 8.17. The molecule has 4 heterocycles. The van der Waals surface area contributed by atoms with Gasteiger partial charge in [0.1, 0.15) is 18.4 Å². The second-order valence-electron chi connectivity index (χ2n) is 12.8. The maximum Gasteiger partial charge on any atom is 0.406 e. The first-order valence-corrected chi connectivity index (χ1v) is 15.5. The number of carbonyl (C=O) groups excluding carboxylic acids is 3. The molecule has 0 spiro atoms. The van der Waals surface area contributed by atoms with Crippen LogP contribution >= 0.6 is 0 Å². The van der Waals surface area contributed by atoms with Crippen LogP contribution < -0.4 is 5.32 Å². The van der Waals surface area contributed by atoms with Gasteiger partial charge in [-0.25, -0.2) is 4.39 Å². The molecule has 2 amide bonds. The summed E-state index contributed by atoms with van der Waals surface area (Å²) in [5.74, 6) is 4.15. The van der Waals surface area contributed by atoms with E-state index in [0.29, 0.717) is 53.0 Å². The zero-order valence-electron chi connectivity index (χ0n) is 26.0. The third-order valence-electron chi connectivity index (χ3n) is 9.50. The third-order valence-corrected chi connectivity index (χ3v) is 9.50. The molecule has 3 aliphatic rings. The lowest BCUT2D eigenvalue weighted by atomic mass is 9.82. The van der Waals surface area contributed by atoms with Crippen molar-refractivity contribution in [1.29, 1.82) is 0 Å². The number of alkyl halides is 3. The van der Waals surface area contributed by atoms with Gasteiger partial charge in [-0.1, -0.05) is 11.8 Å². The maximum atomic E-state index is 14.6. The molecule has 12 heteroatoms. The quantitative estimate of drug-likeness (QED) is 0.226. The summed E-state index contributed by atoms with van der Waals surface area (Å²) >= 11 is 0. The number of Topliss-reactive ketones (excluding diaryl/α,β-unsaturated/α-hetero) is 1. The van der Waals surface area contributed by atoms with Gasteiger partial charge >= 0.3 is 6.18 Å². The first kappa shape index (κ1) is 31.7. The summed E-state index contributed by atoms with van der Waals surface area (Å²) in [6.07, 6.45) is -0.693. The van der Waals surface area contributed by atoms with Crippen molar-refractivity contribution >= 4 is 28.5 Å². The SMILES string of the molecule is Cc1c(C(=O)[C@@H]2CCN(C(=O)[C@H]3NC[C@@H]4C#C[C@H]34)[C@@H](C)C2)c2ccncc2n1-c1ccc(F)cc1C(=O)N(CC(F)(F)F)C(C)C. The highest BCUT2D eigenvalue weighted by atomic mass is 19.4. The number of halogens is 4. The Bertz CT molecular complexity index is 1790. The Balaban J connectivity index is 1.33. The molecule has 2 fully saturated rings. The fourth-order valence-electron chi connectivity index (χ4n) is 7.13. The van der Waals surface area contributed by atoms with Crippen molar-refractivity contribution in [3.63, 3.8) is 0 Å². The fourth-order valence-corrected chi connectivity index (χ4v) is 7.13. The molecule has 8 nitrogen and oxygen atoms in total. The molecule has 2 saturated heterocycles. The molecule has 6 rings (SSSR count). The molecule has 0 bridgehead atoms. The largest absolute Gasteiger partial charge is 0.406 e. The minimum Gasteiger partial charge on any atom is -0.339 e. The van der Waals surface area contributed by atoms with Crippen molar-refractivity contribution in [3.8, 4) is 17.5 Å².